The Balaban J connectivity index is 2.21. The topological polar surface area (TPSA) is 60.9 Å². The number of fused-ring (bicyclic) bond motifs is 1. The van der Waals surface area contributed by atoms with Gasteiger partial charge < -0.3 is 15.4 Å². The Morgan fingerprint density at radius 3 is 3.19 bits per heavy atom. The van der Waals surface area contributed by atoms with Crippen molar-refractivity contribution in [2.45, 2.75) is 20.1 Å². The number of H-pyrrole nitrogens is 1. The van der Waals surface area contributed by atoms with Crippen LogP contribution >= 0.6 is 0 Å². The zero-order valence-corrected chi connectivity index (χ0v) is 9.36. The van der Waals surface area contributed by atoms with E-state index in [1.54, 1.807) is 6.20 Å². The molecule has 3 N–H and O–H groups in total. The van der Waals surface area contributed by atoms with E-state index in [4.69, 9.17) is 0 Å². The third-order valence-electron chi connectivity index (χ3n) is 2.61. The molecule has 0 aliphatic rings. The lowest BCUT2D eigenvalue weighted by Gasteiger charge is -2.13. The number of pyridine rings is 1. The molecule has 16 heavy (non-hydrogen) atoms. The molecule has 0 bridgehead atoms. The average molecular weight is 217 g/mol. The number of nitrogens with zero attached hydrogens (tertiary/aromatic N) is 1. The molecule has 0 aromatic carbocycles. The molecule has 1 unspecified atom stereocenters. The number of aromatic amines is 1. The highest BCUT2D eigenvalue weighted by atomic mass is 16.3. The molecule has 0 radical (unpaired) electrons. The Hall–Kier alpha value is -1.81. The van der Waals surface area contributed by atoms with Crippen LogP contribution in [0.25, 0.3) is 10.9 Å². The molecule has 0 aliphatic carbocycles. The number of anilines is 1. The van der Waals surface area contributed by atoms with Crippen LogP contribution in [0.15, 0.2) is 36.2 Å². The summed E-state index contributed by atoms with van der Waals surface area (Å²) in [4.78, 5) is 7.28. The highest BCUT2D eigenvalue weighted by molar-refractivity contribution is 5.80. The SMILES string of the molecule is C/C=C(\C)C(O)Nc1cc2cc[nH]c2cn1. The number of allylic oxidation sites excluding steroid dienone is 1. The molecule has 0 fully saturated rings. The molecule has 0 aliphatic heterocycles. The van der Waals surface area contributed by atoms with Crippen molar-refractivity contribution >= 4 is 16.7 Å². The highest BCUT2D eigenvalue weighted by Crippen LogP contribution is 2.16. The molecule has 4 nitrogen and oxygen atoms in total. The van der Waals surface area contributed by atoms with Crippen LogP contribution in [0.2, 0.25) is 0 Å². The Morgan fingerprint density at radius 2 is 2.44 bits per heavy atom. The minimum Gasteiger partial charge on any atom is -0.370 e. The van der Waals surface area contributed by atoms with E-state index >= 15 is 0 Å². The molecule has 0 saturated carbocycles. The zero-order valence-electron chi connectivity index (χ0n) is 9.36. The third kappa shape index (κ3) is 2.06. The van der Waals surface area contributed by atoms with Gasteiger partial charge in [0.05, 0.1) is 11.7 Å². The first kappa shape index (κ1) is 10.7. The van der Waals surface area contributed by atoms with E-state index in [-0.39, 0.29) is 0 Å². The smallest absolute Gasteiger partial charge is 0.147 e. The van der Waals surface area contributed by atoms with Crippen LogP contribution in [0.5, 0.6) is 0 Å². The van der Waals surface area contributed by atoms with Crippen LogP contribution in [0, 0.1) is 0 Å². The fourth-order valence-electron chi connectivity index (χ4n) is 1.44. The van der Waals surface area contributed by atoms with E-state index in [9.17, 15) is 5.11 Å². The van der Waals surface area contributed by atoms with Gasteiger partial charge in [0, 0.05) is 11.6 Å². The van der Waals surface area contributed by atoms with Crippen LogP contribution in [0.4, 0.5) is 5.82 Å². The Labute approximate surface area is 94.0 Å². The van der Waals surface area contributed by atoms with E-state index < -0.39 is 6.23 Å². The van der Waals surface area contributed by atoms with Gasteiger partial charge in [-0.25, -0.2) is 4.98 Å². The van der Waals surface area contributed by atoms with Crippen molar-refractivity contribution in [2.24, 2.45) is 0 Å². The van der Waals surface area contributed by atoms with E-state index in [0.717, 1.165) is 16.5 Å². The van der Waals surface area contributed by atoms with Gasteiger partial charge in [0.15, 0.2) is 0 Å². The number of hydrogen-bond donors (Lipinski definition) is 3. The van der Waals surface area contributed by atoms with Gasteiger partial charge in [-0.2, -0.15) is 0 Å². The lowest BCUT2D eigenvalue weighted by Crippen LogP contribution is -2.20. The second kappa shape index (κ2) is 4.37. The van der Waals surface area contributed by atoms with Crippen LogP contribution in [-0.2, 0) is 0 Å². The first-order valence-electron chi connectivity index (χ1n) is 5.21. The third-order valence-corrected chi connectivity index (χ3v) is 2.61. The summed E-state index contributed by atoms with van der Waals surface area (Å²) in [5.41, 5.74) is 1.86. The van der Waals surface area contributed by atoms with Gasteiger partial charge in [-0.1, -0.05) is 6.08 Å². The number of aliphatic hydroxyl groups excluding tert-OH is 1. The minimum absolute atomic E-state index is 0.667. The quantitative estimate of drug-likeness (QED) is 0.546. The van der Waals surface area contributed by atoms with Gasteiger partial charge in [0.2, 0.25) is 0 Å². The number of aromatic nitrogens is 2. The number of nitrogens with one attached hydrogen (secondary N) is 2. The van der Waals surface area contributed by atoms with Gasteiger partial charge in [-0.3, -0.25) is 0 Å². The van der Waals surface area contributed by atoms with Crippen LogP contribution in [0.3, 0.4) is 0 Å². The summed E-state index contributed by atoms with van der Waals surface area (Å²) in [7, 11) is 0. The van der Waals surface area contributed by atoms with E-state index in [1.165, 1.54) is 0 Å². The molecule has 1 atom stereocenters. The maximum absolute atomic E-state index is 9.77. The molecule has 0 amide bonds. The second-order valence-corrected chi connectivity index (χ2v) is 3.71. The fraction of sp³-hybridized carbons (Fsp3) is 0.250. The molecule has 2 aromatic rings. The van der Waals surface area contributed by atoms with Gasteiger partial charge in [0.1, 0.15) is 12.0 Å². The first-order valence-corrected chi connectivity index (χ1v) is 5.21. The molecular formula is C12H15N3O. The summed E-state index contributed by atoms with van der Waals surface area (Å²) in [6.45, 7) is 3.76. The van der Waals surface area contributed by atoms with E-state index in [0.29, 0.717) is 5.82 Å². The summed E-state index contributed by atoms with van der Waals surface area (Å²) in [6.07, 6.45) is 4.79. The Bertz CT molecular complexity index is 516. The van der Waals surface area contributed by atoms with E-state index in [1.807, 2.05) is 38.3 Å². The van der Waals surface area contributed by atoms with Crippen molar-refractivity contribution in [3.63, 3.8) is 0 Å². The number of aliphatic hydroxyl groups is 1. The lowest BCUT2D eigenvalue weighted by molar-refractivity contribution is 0.239. The second-order valence-electron chi connectivity index (χ2n) is 3.71. The standard InChI is InChI=1S/C12H15N3O/c1-3-8(2)12(16)15-11-6-9-4-5-13-10(9)7-14-11/h3-7,12-13,16H,1-2H3,(H,14,15)/b8-3+. The fourth-order valence-corrected chi connectivity index (χ4v) is 1.44. The maximum Gasteiger partial charge on any atom is 0.147 e. The van der Waals surface area contributed by atoms with Gasteiger partial charge in [-0.15, -0.1) is 0 Å². The molecule has 2 aromatic heterocycles. The predicted octanol–water partition coefficient (Wildman–Crippen LogP) is 2.26. The molecule has 84 valence electrons. The van der Waals surface area contributed by atoms with Crippen molar-refractivity contribution in [3.8, 4) is 0 Å². The van der Waals surface area contributed by atoms with Gasteiger partial charge in [-0.05, 0) is 31.6 Å². The maximum atomic E-state index is 9.77. The molecular weight excluding hydrogens is 202 g/mol. The Morgan fingerprint density at radius 1 is 1.62 bits per heavy atom. The number of rotatable bonds is 3. The average Bonchev–Trinajstić information content (AvgIpc) is 2.75. The van der Waals surface area contributed by atoms with Gasteiger partial charge in [0.25, 0.3) is 0 Å². The van der Waals surface area contributed by atoms with Crippen LogP contribution in [0.1, 0.15) is 13.8 Å². The summed E-state index contributed by atoms with van der Waals surface area (Å²) in [6, 6.07) is 3.87. The van der Waals surface area contributed by atoms with Crippen molar-refractivity contribution in [1.29, 1.82) is 0 Å². The minimum atomic E-state index is -0.686. The highest BCUT2D eigenvalue weighted by Gasteiger charge is 2.06. The lowest BCUT2D eigenvalue weighted by atomic mass is 10.2. The van der Waals surface area contributed by atoms with Crippen molar-refractivity contribution in [3.05, 3.63) is 36.2 Å². The molecule has 0 spiro atoms. The molecule has 2 rings (SSSR count). The molecule has 0 saturated heterocycles. The van der Waals surface area contributed by atoms with Crippen molar-refractivity contribution in [2.75, 3.05) is 5.32 Å². The van der Waals surface area contributed by atoms with Gasteiger partial charge >= 0.3 is 0 Å². The normalized spacial score (nSPS) is 14.1. The number of hydrogen-bond acceptors (Lipinski definition) is 3. The Kier molecular flexibility index (Phi) is 2.92. The van der Waals surface area contributed by atoms with Crippen LogP contribution < -0.4 is 5.32 Å². The zero-order chi connectivity index (χ0) is 11.5. The molecule has 2 heterocycles. The predicted molar refractivity (Wildman–Crippen MR) is 65.2 cm³/mol. The van der Waals surface area contributed by atoms with Crippen molar-refractivity contribution in [1.82, 2.24) is 9.97 Å². The summed E-state index contributed by atoms with van der Waals surface area (Å²) in [5.74, 6) is 0.667. The summed E-state index contributed by atoms with van der Waals surface area (Å²) < 4.78 is 0. The summed E-state index contributed by atoms with van der Waals surface area (Å²) in [5, 5.41) is 13.8. The van der Waals surface area contributed by atoms with E-state index in [2.05, 4.69) is 15.3 Å². The molecule has 4 heteroatoms. The van der Waals surface area contributed by atoms with Crippen molar-refractivity contribution < 1.29 is 5.11 Å². The summed E-state index contributed by atoms with van der Waals surface area (Å²) >= 11 is 0. The largest absolute Gasteiger partial charge is 0.370 e. The first-order chi connectivity index (χ1) is 7.70. The monoisotopic (exact) mass is 217 g/mol. The van der Waals surface area contributed by atoms with Crippen LogP contribution in [-0.4, -0.2) is 21.3 Å².